The topological polar surface area (TPSA) is 83.0 Å². The summed E-state index contributed by atoms with van der Waals surface area (Å²) in [5.41, 5.74) is 1.51. The number of morpholine rings is 1. The Morgan fingerprint density at radius 3 is 2.77 bits per heavy atom. The molecule has 1 aromatic carbocycles. The summed E-state index contributed by atoms with van der Waals surface area (Å²) < 4.78 is 8.11. The van der Waals surface area contributed by atoms with Crippen molar-refractivity contribution in [2.75, 3.05) is 26.2 Å². The minimum Gasteiger partial charge on any atom is -0.481 e. The van der Waals surface area contributed by atoms with Crippen molar-refractivity contribution in [1.82, 2.24) is 14.2 Å². The molecule has 3 rings (SSSR count). The van der Waals surface area contributed by atoms with Gasteiger partial charge in [-0.1, -0.05) is 23.2 Å². The molecule has 1 aromatic heterocycles. The number of hydrogen-bond acceptors (Lipinski definition) is 7. The van der Waals surface area contributed by atoms with Crippen LogP contribution >= 0.6 is 46.5 Å². The number of aromatic nitrogens is 1. The Hall–Kier alpha value is -1.36. The summed E-state index contributed by atoms with van der Waals surface area (Å²) in [6, 6.07) is 5.50. The second-order valence-electron chi connectivity index (χ2n) is 6.85. The van der Waals surface area contributed by atoms with Crippen LogP contribution in [0.4, 0.5) is 0 Å². The SMILES string of the molecule is CC(=O)N(C[C@@H]1CN(Cc2cc(Cl)cc(Cl)c2)CCO1)Sc1nc(CC(=O)O)cs1. The van der Waals surface area contributed by atoms with E-state index in [0.29, 0.717) is 46.3 Å². The Morgan fingerprint density at radius 1 is 1.37 bits per heavy atom. The van der Waals surface area contributed by atoms with Gasteiger partial charge in [-0.05, 0) is 23.8 Å². The third-order valence-corrected chi connectivity index (χ3v) is 6.83. The summed E-state index contributed by atoms with van der Waals surface area (Å²) in [5.74, 6) is -1.05. The van der Waals surface area contributed by atoms with E-state index in [2.05, 4.69) is 9.88 Å². The number of ether oxygens (including phenoxy) is 1. The predicted molar refractivity (Wildman–Crippen MR) is 118 cm³/mol. The first-order valence-electron chi connectivity index (χ1n) is 9.19. The first kappa shape index (κ1) is 23.3. The summed E-state index contributed by atoms with van der Waals surface area (Å²) in [6.45, 7) is 4.59. The van der Waals surface area contributed by atoms with Crippen LogP contribution in [0.25, 0.3) is 0 Å². The molecule has 1 saturated heterocycles. The van der Waals surface area contributed by atoms with Crippen LogP contribution < -0.4 is 0 Å². The Bertz CT molecular complexity index is 891. The molecule has 0 saturated carbocycles. The highest BCUT2D eigenvalue weighted by atomic mass is 35.5. The van der Waals surface area contributed by atoms with Crippen molar-refractivity contribution < 1.29 is 19.4 Å². The number of nitrogens with zero attached hydrogens (tertiary/aromatic N) is 3. The minimum atomic E-state index is -0.933. The molecular formula is C19H21Cl2N3O4S2. The number of rotatable bonds is 8. The fourth-order valence-electron chi connectivity index (χ4n) is 3.07. The van der Waals surface area contributed by atoms with Crippen molar-refractivity contribution in [3.05, 3.63) is 44.9 Å². The minimum absolute atomic E-state index is 0.114. The van der Waals surface area contributed by atoms with E-state index < -0.39 is 5.97 Å². The molecule has 7 nitrogen and oxygen atoms in total. The zero-order valence-electron chi connectivity index (χ0n) is 16.2. The molecule has 2 aromatic rings. The maximum absolute atomic E-state index is 12.1. The number of carboxylic acid groups (broad SMARTS) is 1. The van der Waals surface area contributed by atoms with Gasteiger partial charge in [0.25, 0.3) is 0 Å². The van der Waals surface area contributed by atoms with E-state index in [1.807, 2.05) is 12.1 Å². The largest absolute Gasteiger partial charge is 0.481 e. The van der Waals surface area contributed by atoms with Gasteiger partial charge in [-0.15, -0.1) is 11.3 Å². The lowest BCUT2D eigenvalue weighted by Crippen LogP contribution is -2.46. The van der Waals surface area contributed by atoms with Gasteiger partial charge in [0.1, 0.15) is 0 Å². The molecule has 162 valence electrons. The van der Waals surface area contributed by atoms with Crippen molar-refractivity contribution >= 4 is 58.4 Å². The normalized spacial score (nSPS) is 17.1. The van der Waals surface area contributed by atoms with Gasteiger partial charge in [-0.2, -0.15) is 0 Å². The fraction of sp³-hybridized carbons (Fsp3) is 0.421. The molecular weight excluding hydrogens is 469 g/mol. The molecule has 30 heavy (non-hydrogen) atoms. The first-order chi connectivity index (χ1) is 14.3. The van der Waals surface area contributed by atoms with E-state index in [1.54, 1.807) is 15.8 Å². The molecule has 0 aliphatic carbocycles. The molecule has 1 atom stereocenters. The number of aliphatic carboxylic acids is 1. The second kappa shape index (κ2) is 10.8. The van der Waals surface area contributed by atoms with Gasteiger partial charge in [0.15, 0.2) is 4.34 Å². The number of thiazole rings is 1. The van der Waals surface area contributed by atoms with Crippen LogP contribution in [-0.4, -0.2) is 63.5 Å². The van der Waals surface area contributed by atoms with Gasteiger partial charge in [-0.25, -0.2) is 4.98 Å². The van der Waals surface area contributed by atoms with Crippen LogP contribution in [0.5, 0.6) is 0 Å². The van der Waals surface area contributed by atoms with Crippen LogP contribution in [0, 0.1) is 0 Å². The van der Waals surface area contributed by atoms with E-state index in [4.69, 9.17) is 33.0 Å². The average Bonchev–Trinajstić information content (AvgIpc) is 3.06. The summed E-state index contributed by atoms with van der Waals surface area (Å²) in [7, 11) is 0. The van der Waals surface area contributed by atoms with E-state index in [9.17, 15) is 9.59 Å². The summed E-state index contributed by atoms with van der Waals surface area (Å²) >= 11 is 14.7. The van der Waals surface area contributed by atoms with Crippen molar-refractivity contribution in [2.45, 2.75) is 30.3 Å². The number of carbonyl (C=O) groups is 2. The van der Waals surface area contributed by atoms with Crippen molar-refractivity contribution in [1.29, 1.82) is 0 Å². The molecule has 0 unspecified atom stereocenters. The van der Waals surface area contributed by atoms with Gasteiger partial charge in [0.2, 0.25) is 5.91 Å². The third kappa shape index (κ3) is 7.11. The van der Waals surface area contributed by atoms with Gasteiger partial charge in [0.05, 0.1) is 31.4 Å². The van der Waals surface area contributed by atoms with E-state index >= 15 is 0 Å². The van der Waals surface area contributed by atoms with Crippen LogP contribution in [0.1, 0.15) is 18.2 Å². The molecule has 1 aliphatic rings. The number of hydrogen-bond donors (Lipinski definition) is 1. The van der Waals surface area contributed by atoms with Crippen molar-refractivity contribution in [2.24, 2.45) is 0 Å². The molecule has 1 fully saturated rings. The zero-order chi connectivity index (χ0) is 21.7. The summed E-state index contributed by atoms with van der Waals surface area (Å²) in [5, 5.41) is 11.8. The second-order valence-corrected chi connectivity index (χ2v) is 9.85. The average molecular weight is 490 g/mol. The number of amides is 1. The highest BCUT2D eigenvalue weighted by Gasteiger charge is 2.25. The smallest absolute Gasteiger partial charge is 0.309 e. The summed E-state index contributed by atoms with van der Waals surface area (Å²) in [4.78, 5) is 29.5. The predicted octanol–water partition coefficient (Wildman–Crippen LogP) is 3.83. The van der Waals surface area contributed by atoms with Crippen LogP contribution in [0.3, 0.4) is 0 Å². The number of benzene rings is 1. The summed E-state index contributed by atoms with van der Waals surface area (Å²) in [6.07, 6.45) is -0.283. The fourth-order valence-corrected chi connectivity index (χ4v) is 5.49. The van der Waals surface area contributed by atoms with E-state index in [1.165, 1.54) is 30.2 Å². The molecule has 2 heterocycles. The lowest BCUT2D eigenvalue weighted by Gasteiger charge is -2.35. The molecule has 0 spiro atoms. The van der Waals surface area contributed by atoms with Gasteiger partial charge >= 0.3 is 5.97 Å². The molecule has 1 amide bonds. The molecule has 0 bridgehead atoms. The highest BCUT2D eigenvalue weighted by molar-refractivity contribution is 7.99. The van der Waals surface area contributed by atoms with Crippen LogP contribution in [0.15, 0.2) is 27.9 Å². The monoisotopic (exact) mass is 489 g/mol. The van der Waals surface area contributed by atoms with Gasteiger partial charge in [0, 0.05) is 53.9 Å². The van der Waals surface area contributed by atoms with Gasteiger partial charge < -0.3 is 9.84 Å². The lowest BCUT2D eigenvalue weighted by molar-refractivity contribution is -0.136. The number of carboxylic acids is 1. The number of carbonyl (C=O) groups excluding carboxylic acids is 1. The van der Waals surface area contributed by atoms with Crippen LogP contribution in [-0.2, 0) is 27.3 Å². The Kier molecular flexibility index (Phi) is 8.38. The molecule has 1 aliphatic heterocycles. The Labute approximate surface area is 193 Å². The Balaban J connectivity index is 1.58. The maximum atomic E-state index is 12.1. The zero-order valence-corrected chi connectivity index (χ0v) is 19.4. The lowest BCUT2D eigenvalue weighted by atomic mass is 10.2. The van der Waals surface area contributed by atoms with E-state index in [0.717, 1.165) is 12.1 Å². The molecule has 11 heteroatoms. The standard InChI is InChI=1S/C19H21Cl2N3O4S2/c1-12(25)24(30-19-22-16(11-29-19)7-18(26)27)10-17-9-23(2-3-28-17)8-13-4-14(20)6-15(21)5-13/h4-6,11,17H,2-3,7-10H2,1H3,(H,26,27)/t17-/m0/s1. The first-order valence-corrected chi connectivity index (χ1v) is 11.6. The molecule has 0 radical (unpaired) electrons. The number of halogens is 2. The maximum Gasteiger partial charge on any atom is 0.309 e. The van der Waals surface area contributed by atoms with Crippen molar-refractivity contribution in [3.63, 3.8) is 0 Å². The van der Waals surface area contributed by atoms with E-state index in [-0.39, 0.29) is 18.4 Å². The highest BCUT2D eigenvalue weighted by Crippen LogP contribution is 2.28. The molecule has 1 N–H and O–H groups in total. The Morgan fingerprint density at radius 2 is 2.10 bits per heavy atom. The quantitative estimate of drug-likeness (QED) is 0.563. The van der Waals surface area contributed by atoms with Gasteiger partial charge in [-0.3, -0.25) is 18.8 Å². The van der Waals surface area contributed by atoms with Crippen molar-refractivity contribution in [3.8, 4) is 0 Å². The third-order valence-electron chi connectivity index (χ3n) is 4.32. The van der Waals surface area contributed by atoms with Crippen LogP contribution in [0.2, 0.25) is 10.0 Å².